The lowest BCUT2D eigenvalue weighted by Gasteiger charge is -2.22. The largest absolute Gasteiger partial charge is 0.466 e. The van der Waals surface area contributed by atoms with Crippen molar-refractivity contribution in [3.63, 3.8) is 0 Å². The van der Waals surface area contributed by atoms with Crippen LogP contribution < -0.4 is 10.1 Å². The van der Waals surface area contributed by atoms with E-state index in [1.54, 1.807) is 0 Å². The van der Waals surface area contributed by atoms with Gasteiger partial charge in [-0.15, -0.1) is 24.0 Å². The maximum absolute atomic E-state index is 5.73. The molecule has 1 aromatic rings. The molecule has 1 N–H and O–H groups in total. The maximum Gasteiger partial charge on any atom is 0.177 e. The highest BCUT2D eigenvalue weighted by Crippen LogP contribution is 2.37. The standard InChI is InChI=1S/C10H13NO.HI/c1-3-10(2)11-8-6-4-5-7-9(8)12-10;/h4-7,11H,3H2,1-2H3;1H. The van der Waals surface area contributed by atoms with Gasteiger partial charge in [-0.1, -0.05) is 19.1 Å². The van der Waals surface area contributed by atoms with Crippen LogP contribution >= 0.6 is 24.0 Å². The van der Waals surface area contributed by atoms with Crippen molar-refractivity contribution < 1.29 is 4.74 Å². The molecule has 0 amide bonds. The van der Waals surface area contributed by atoms with Gasteiger partial charge in [-0.25, -0.2) is 0 Å². The number of ether oxygens (including phenoxy) is 1. The Hall–Kier alpha value is -0.450. The number of nitrogens with one attached hydrogen (secondary N) is 1. The van der Waals surface area contributed by atoms with Crippen molar-refractivity contribution in [2.45, 2.75) is 26.0 Å². The molecule has 0 aliphatic carbocycles. The van der Waals surface area contributed by atoms with E-state index in [2.05, 4.69) is 19.2 Å². The normalized spacial score (nSPS) is 23.8. The van der Waals surface area contributed by atoms with Crippen molar-refractivity contribution in [2.24, 2.45) is 0 Å². The molecule has 1 aromatic carbocycles. The first-order chi connectivity index (χ1) is 5.73. The predicted molar refractivity (Wildman–Crippen MR) is 64.8 cm³/mol. The van der Waals surface area contributed by atoms with E-state index >= 15 is 0 Å². The summed E-state index contributed by atoms with van der Waals surface area (Å²) in [5.41, 5.74) is 0.894. The Kier molecular flexibility index (Phi) is 3.05. The third-order valence-corrected chi connectivity index (χ3v) is 2.30. The monoisotopic (exact) mass is 291 g/mol. The summed E-state index contributed by atoms with van der Waals surface area (Å²) < 4.78 is 5.73. The third kappa shape index (κ3) is 1.90. The van der Waals surface area contributed by atoms with Crippen molar-refractivity contribution in [2.75, 3.05) is 5.32 Å². The van der Waals surface area contributed by atoms with Crippen LogP contribution in [0.15, 0.2) is 24.3 Å². The first kappa shape index (κ1) is 10.6. The number of benzene rings is 1. The van der Waals surface area contributed by atoms with E-state index < -0.39 is 0 Å². The SMILES string of the molecule is CCC1(C)Nc2ccccc2O1.I. The molecule has 2 rings (SSSR count). The second kappa shape index (κ2) is 3.74. The van der Waals surface area contributed by atoms with Crippen molar-refractivity contribution in [3.05, 3.63) is 24.3 Å². The molecule has 0 bridgehead atoms. The molecule has 1 atom stereocenters. The molecule has 13 heavy (non-hydrogen) atoms. The van der Waals surface area contributed by atoms with Crippen molar-refractivity contribution >= 4 is 29.7 Å². The molecule has 1 unspecified atom stereocenters. The fraction of sp³-hybridized carbons (Fsp3) is 0.400. The van der Waals surface area contributed by atoms with Crippen LogP contribution in [0.2, 0.25) is 0 Å². The Morgan fingerprint density at radius 1 is 1.38 bits per heavy atom. The van der Waals surface area contributed by atoms with Crippen LogP contribution in [0.3, 0.4) is 0 Å². The number of para-hydroxylation sites is 2. The van der Waals surface area contributed by atoms with Gasteiger partial charge in [0.1, 0.15) is 5.75 Å². The van der Waals surface area contributed by atoms with Crippen LogP contribution in [-0.2, 0) is 0 Å². The average Bonchev–Trinajstić information content (AvgIpc) is 2.42. The summed E-state index contributed by atoms with van der Waals surface area (Å²) in [5, 5.41) is 3.34. The Balaban J connectivity index is 0.000000845. The van der Waals surface area contributed by atoms with Gasteiger partial charge in [0.25, 0.3) is 0 Å². The number of rotatable bonds is 1. The van der Waals surface area contributed by atoms with Gasteiger partial charge in [0.05, 0.1) is 5.69 Å². The van der Waals surface area contributed by atoms with Gasteiger partial charge < -0.3 is 10.1 Å². The van der Waals surface area contributed by atoms with E-state index in [1.165, 1.54) is 0 Å². The summed E-state index contributed by atoms with van der Waals surface area (Å²) in [6.45, 7) is 4.17. The van der Waals surface area contributed by atoms with Gasteiger partial charge in [0, 0.05) is 6.42 Å². The molecule has 0 saturated heterocycles. The summed E-state index contributed by atoms with van der Waals surface area (Å²) in [4.78, 5) is 0. The van der Waals surface area contributed by atoms with Gasteiger partial charge in [0.15, 0.2) is 5.72 Å². The molecule has 0 aromatic heterocycles. The molecule has 3 heteroatoms. The van der Waals surface area contributed by atoms with Crippen LogP contribution in [0.5, 0.6) is 5.75 Å². The lowest BCUT2D eigenvalue weighted by atomic mass is 10.2. The molecular formula is C10H14INO. The highest BCUT2D eigenvalue weighted by molar-refractivity contribution is 14.0. The summed E-state index contributed by atoms with van der Waals surface area (Å²) >= 11 is 0. The summed E-state index contributed by atoms with van der Waals surface area (Å²) in [5.74, 6) is 0.960. The molecule has 1 heterocycles. The molecule has 0 spiro atoms. The van der Waals surface area contributed by atoms with Crippen LogP contribution in [-0.4, -0.2) is 5.72 Å². The fourth-order valence-electron chi connectivity index (χ4n) is 1.37. The molecule has 0 fully saturated rings. The number of halogens is 1. The third-order valence-electron chi connectivity index (χ3n) is 2.30. The highest BCUT2D eigenvalue weighted by Gasteiger charge is 2.31. The minimum absolute atomic E-state index is 0. The van der Waals surface area contributed by atoms with Gasteiger partial charge in [-0.2, -0.15) is 0 Å². The van der Waals surface area contributed by atoms with Crippen molar-refractivity contribution in [1.82, 2.24) is 0 Å². The Morgan fingerprint density at radius 2 is 2.08 bits per heavy atom. The molecule has 0 radical (unpaired) electrons. The minimum Gasteiger partial charge on any atom is -0.466 e. The molecule has 1 aliphatic heterocycles. The first-order valence-corrected chi connectivity index (χ1v) is 4.30. The van der Waals surface area contributed by atoms with E-state index in [1.807, 2.05) is 24.3 Å². The van der Waals surface area contributed by atoms with Crippen LogP contribution in [0, 0.1) is 0 Å². The average molecular weight is 291 g/mol. The van der Waals surface area contributed by atoms with Gasteiger partial charge >= 0.3 is 0 Å². The predicted octanol–water partition coefficient (Wildman–Crippen LogP) is 3.24. The summed E-state index contributed by atoms with van der Waals surface area (Å²) in [6.07, 6.45) is 0.960. The molecule has 1 aliphatic rings. The highest BCUT2D eigenvalue weighted by atomic mass is 127. The van der Waals surface area contributed by atoms with E-state index in [9.17, 15) is 0 Å². The smallest absolute Gasteiger partial charge is 0.177 e. The zero-order valence-corrected chi connectivity index (χ0v) is 10.2. The minimum atomic E-state index is -0.205. The van der Waals surface area contributed by atoms with Crippen LogP contribution in [0.25, 0.3) is 0 Å². The fourth-order valence-corrected chi connectivity index (χ4v) is 1.37. The van der Waals surface area contributed by atoms with E-state index in [4.69, 9.17) is 4.74 Å². The number of anilines is 1. The summed E-state index contributed by atoms with van der Waals surface area (Å²) in [6, 6.07) is 8.03. The molecule has 72 valence electrons. The number of fused-ring (bicyclic) bond motifs is 1. The number of hydrogen-bond donors (Lipinski definition) is 1. The van der Waals surface area contributed by atoms with Crippen LogP contribution in [0.4, 0.5) is 5.69 Å². The molecule has 0 saturated carbocycles. The van der Waals surface area contributed by atoms with Crippen molar-refractivity contribution in [3.8, 4) is 5.75 Å². The zero-order chi connectivity index (χ0) is 8.60. The second-order valence-electron chi connectivity index (χ2n) is 3.31. The first-order valence-electron chi connectivity index (χ1n) is 4.30. The van der Waals surface area contributed by atoms with Crippen LogP contribution in [0.1, 0.15) is 20.3 Å². The van der Waals surface area contributed by atoms with E-state index in [0.717, 1.165) is 17.9 Å². The Labute approximate surface area is 95.7 Å². The maximum atomic E-state index is 5.73. The van der Waals surface area contributed by atoms with Gasteiger partial charge in [0.2, 0.25) is 0 Å². The molecule has 2 nitrogen and oxygen atoms in total. The lowest BCUT2D eigenvalue weighted by Crippen LogP contribution is -2.35. The Bertz CT molecular complexity index is 276. The topological polar surface area (TPSA) is 21.3 Å². The molecular weight excluding hydrogens is 277 g/mol. The quantitative estimate of drug-likeness (QED) is 0.802. The number of hydrogen-bond acceptors (Lipinski definition) is 2. The zero-order valence-electron chi connectivity index (χ0n) is 7.83. The second-order valence-corrected chi connectivity index (χ2v) is 3.31. The van der Waals surface area contributed by atoms with Gasteiger partial charge in [-0.3, -0.25) is 0 Å². The Morgan fingerprint density at radius 3 is 2.69 bits per heavy atom. The lowest BCUT2D eigenvalue weighted by molar-refractivity contribution is 0.135. The van der Waals surface area contributed by atoms with E-state index in [-0.39, 0.29) is 29.7 Å². The van der Waals surface area contributed by atoms with E-state index in [0.29, 0.717) is 0 Å². The summed E-state index contributed by atoms with van der Waals surface area (Å²) in [7, 11) is 0. The van der Waals surface area contributed by atoms with Gasteiger partial charge in [-0.05, 0) is 19.1 Å². The van der Waals surface area contributed by atoms with Crippen molar-refractivity contribution in [1.29, 1.82) is 0 Å².